The predicted octanol–water partition coefficient (Wildman–Crippen LogP) is 1.06. The molecule has 5 nitrogen and oxygen atoms in total. The molecule has 3 heterocycles. The highest BCUT2D eigenvalue weighted by atomic mass is 19.3. The Balaban J connectivity index is 1.80. The molecule has 0 aliphatic carbocycles. The van der Waals surface area contributed by atoms with Crippen molar-refractivity contribution in [1.29, 1.82) is 0 Å². The van der Waals surface area contributed by atoms with Gasteiger partial charge in [0.05, 0.1) is 19.9 Å². The smallest absolute Gasteiger partial charge is 0.279 e. The first kappa shape index (κ1) is 15.7. The van der Waals surface area contributed by atoms with Crippen LogP contribution in [0.5, 0.6) is 0 Å². The third-order valence-electron chi connectivity index (χ3n) is 4.91. The Hall–Kier alpha value is -1.21. The Labute approximate surface area is 130 Å². The summed E-state index contributed by atoms with van der Waals surface area (Å²) >= 11 is 0. The van der Waals surface area contributed by atoms with Gasteiger partial charge in [0.1, 0.15) is 11.4 Å². The highest BCUT2D eigenvalue weighted by Crippen LogP contribution is 2.42. The first-order chi connectivity index (χ1) is 10.4. The summed E-state index contributed by atoms with van der Waals surface area (Å²) in [5, 5.41) is 6.20. The van der Waals surface area contributed by atoms with Crippen LogP contribution in [0.15, 0.2) is 17.3 Å². The lowest BCUT2D eigenvalue weighted by atomic mass is 9.76. The predicted molar refractivity (Wildman–Crippen MR) is 82.9 cm³/mol. The summed E-state index contributed by atoms with van der Waals surface area (Å²) in [6.45, 7) is 4.30. The van der Waals surface area contributed by atoms with Gasteiger partial charge >= 0.3 is 0 Å². The van der Waals surface area contributed by atoms with Crippen LogP contribution >= 0.6 is 0 Å². The fourth-order valence-corrected chi connectivity index (χ4v) is 3.45. The number of rotatable bonds is 0. The second kappa shape index (κ2) is 5.77. The number of hydrogen-bond donors (Lipinski definition) is 2. The summed E-state index contributed by atoms with van der Waals surface area (Å²) in [7, 11) is 1.98. The molecular formula is C15H25F2N5. The summed E-state index contributed by atoms with van der Waals surface area (Å²) in [6, 6.07) is 0. The number of aliphatic imine (C=N–C) groups is 1. The van der Waals surface area contributed by atoms with Crippen LogP contribution in [0.3, 0.4) is 0 Å². The van der Waals surface area contributed by atoms with Gasteiger partial charge < -0.3 is 10.2 Å². The normalized spacial score (nSPS) is 39.7. The largest absolute Gasteiger partial charge is 0.378 e. The molecule has 3 aliphatic heterocycles. The molecule has 2 unspecified atom stereocenters. The Morgan fingerprint density at radius 1 is 1.41 bits per heavy atom. The van der Waals surface area contributed by atoms with Gasteiger partial charge in [0.2, 0.25) is 0 Å². The topological polar surface area (TPSA) is 42.9 Å². The second-order valence-electron chi connectivity index (χ2n) is 6.69. The van der Waals surface area contributed by atoms with Crippen molar-refractivity contribution in [3.05, 3.63) is 12.3 Å². The molecule has 7 heteroatoms. The molecule has 0 amide bonds. The number of amidine groups is 1. The van der Waals surface area contributed by atoms with Crippen LogP contribution in [-0.2, 0) is 0 Å². The molecule has 0 aromatic carbocycles. The molecule has 0 bridgehead atoms. The zero-order valence-electron chi connectivity index (χ0n) is 13.3. The van der Waals surface area contributed by atoms with Crippen molar-refractivity contribution in [2.24, 2.45) is 10.9 Å². The fraction of sp³-hybridized carbons (Fsp3) is 0.800. The Bertz CT molecular complexity index is 479. The molecular weight excluding hydrogens is 288 g/mol. The lowest BCUT2D eigenvalue weighted by Gasteiger charge is -2.55. The van der Waals surface area contributed by atoms with E-state index in [4.69, 9.17) is 4.99 Å². The van der Waals surface area contributed by atoms with Crippen molar-refractivity contribution >= 4 is 5.84 Å². The Kier molecular flexibility index (Phi) is 4.11. The van der Waals surface area contributed by atoms with E-state index in [1.807, 2.05) is 19.3 Å². The molecule has 2 fully saturated rings. The van der Waals surface area contributed by atoms with Crippen molar-refractivity contribution in [1.82, 2.24) is 20.4 Å². The highest BCUT2D eigenvalue weighted by Gasteiger charge is 2.62. The monoisotopic (exact) mass is 313 g/mol. The van der Waals surface area contributed by atoms with Gasteiger partial charge in [-0.2, -0.15) is 0 Å². The average Bonchev–Trinajstić information content (AvgIpc) is 2.58. The van der Waals surface area contributed by atoms with E-state index in [0.29, 0.717) is 19.6 Å². The molecule has 124 valence electrons. The zero-order valence-corrected chi connectivity index (χ0v) is 13.3. The summed E-state index contributed by atoms with van der Waals surface area (Å²) in [6.07, 6.45) is 5.28. The standard InChI is InChI=1S/C15H25F2N5/c1-12-4-6-18-10-21(2)11-19-13(12)22-7-3-5-14(9-22)15(16,17)8-20-14/h4,6,12,18,20H,3,5,7-11H2,1-2H3/b6-4-,19-13+. The summed E-state index contributed by atoms with van der Waals surface area (Å²) in [4.78, 5) is 8.81. The quantitative estimate of drug-likeness (QED) is 0.702. The maximum absolute atomic E-state index is 14.0. The van der Waals surface area contributed by atoms with Gasteiger partial charge in [0.15, 0.2) is 0 Å². The molecule has 2 atom stereocenters. The van der Waals surface area contributed by atoms with E-state index in [9.17, 15) is 8.78 Å². The molecule has 0 aromatic rings. The lowest BCUT2D eigenvalue weighted by molar-refractivity contribution is -0.170. The summed E-state index contributed by atoms with van der Waals surface area (Å²) in [5.74, 6) is -1.58. The number of alkyl halides is 2. The van der Waals surface area contributed by atoms with Crippen LogP contribution in [-0.4, -0.2) is 67.1 Å². The number of piperidine rings is 1. The van der Waals surface area contributed by atoms with E-state index in [1.54, 1.807) is 0 Å². The maximum Gasteiger partial charge on any atom is 0.279 e. The molecule has 3 rings (SSSR count). The van der Waals surface area contributed by atoms with E-state index in [0.717, 1.165) is 25.5 Å². The van der Waals surface area contributed by atoms with E-state index in [1.165, 1.54) is 0 Å². The number of hydrogen-bond acceptors (Lipinski definition) is 5. The Morgan fingerprint density at radius 2 is 2.23 bits per heavy atom. The van der Waals surface area contributed by atoms with Crippen LogP contribution in [0.4, 0.5) is 8.78 Å². The molecule has 3 aliphatic rings. The third-order valence-corrected chi connectivity index (χ3v) is 4.91. The van der Waals surface area contributed by atoms with E-state index in [-0.39, 0.29) is 12.5 Å². The van der Waals surface area contributed by atoms with Crippen LogP contribution in [0.2, 0.25) is 0 Å². The molecule has 0 aromatic heterocycles. The van der Waals surface area contributed by atoms with Crippen molar-refractivity contribution in [3.63, 3.8) is 0 Å². The summed E-state index contributed by atoms with van der Waals surface area (Å²) < 4.78 is 28.1. The Morgan fingerprint density at radius 3 is 2.91 bits per heavy atom. The van der Waals surface area contributed by atoms with Crippen LogP contribution in [0.1, 0.15) is 19.8 Å². The molecule has 2 saturated heterocycles. The fourth-order valence-electron chi connectivity index (χ4n) is 3.45. The van der Waals surface area contributed by atoms with Gasteiger partial charge in [0, 0.05) is 19.0 Å². The molecule has 1 spiro atoms. The van der Waals surface area contributed by atoms with Gasteiger partial charge in [-0.1, -0.05) is 13.0 Å². The second-order valence-corrected chi connectivity index (χ2v) is 6.69. The van der Waals surface area contributed by atoms with Gasteiger partial charge in [-0.05, 0) is 26.1 Å². The van der Waals surface area contributed by atoms with E-state index >= 15 is 0 Å². The first-order valence-electron chi connectivity index (χ1n) is 7.94. The van der Waals surface area contributed by atoms with Crippen LogP contribution in [0.25, 0.3) is 0 Å². The lowest BCUT2D eigenvalue weighted by Crippen LogP contribution is -2.78. The molecule has 0 saturated carbocycles. The van der Waals surface area contributed by atoms with Crippen LogP contribution < -0.4 is 10.6 Å². The summed E-state index contributed by atoms with van der Waals surface area (Å²) in [5.41, 5.74) is -1.06. The number of nitrogens with one attached hydrogen (secondary N) is 2. The van der Waals surface area contributed by atoms with Crippen molar-refractivity contribution in [2.45, 2.75) is 31.2 Å². The SMILES string of the molecule is CC1/C=C\NCN(C)C/N=C\1N1CCCC2(C1)NCC2(F)F. The minimum Gasteiger partial charge on any atom is -0.378 e. The minimum atomic E-state index is -2.61. The number of likely N-dealkylation sites (tertiary alicyclic amines) is 1. The van der Waals surface area contributed by atoms with Crippen molar-refractivity contribution < 1.29 is 8.78 Å². The molecule has 0 radical (unpaired) electrons. The highest BCUT2D eigenvalue weighted by molar-refractivity contribution is 5.86. The van der Waals surface area contributed by atoms with Crippen LogP contribution in [0, 0.1) is 5.92 Å². The number of nitrogens with zero attached hydrogens (tertiary/aromatic N) is 3. The van der Waals surface area contributed by atoms with Gasteiger partial charge in [0.25, 0.3) is 5.92 Å². The molecule has 2 N–H and O–H groups in total. The van der Waals surface area contributed by atoms with Crippen molar-refractivity contribution in [2.75, 3.05) is 40.0 Å². The third kappa shape index (κ3) is 2.72. The van der Waals surface area contributed by atoms with Gasteiger partial charge in [-0.3, -0.25) is 15.2 Å². The van der Waals surface area contributed by atoms with E-state index in [2.05, 4.69) is 27.4 Å². The van der Waals surface area contributed by atoms with E-state index < -0.39 is 11.5 Å². The maximum atomic E-state index is 14.0. The zero-order chi connectivity index (χ0) is 15.8. The van der Waals surface area contributed by atoms with Crippen molar-refractivity contribution in [3.8, 4) is 0 Å². The number of halogens is 2. The molecule has 22 heavy (non-hydrogen) atoms. The van der Waals surface area contributed by atoms with Gasteiger partial charge in [-0.15, -0.1) is 0 Å². The first-order valence-corrected chi connectivity index (χ1v) is 7.94. The minimum absolute atomic E-state index is 0.114. The average molecular weight is 313 g/mol. The van der Waals surface area contributed by atoms with Gasteiger partial charge in [-0.25, -0.2) is 8.78 Å².